The number of allylic oxidation sites excluding steroid dienone is 2. The van der Waals surface area contributed by atoms with E-state index in [1.54, 1.807) is 18.3 Å². The second-order valence-electron chi connectivity index (χ2n) is 2.98. The van der Waals surface area contributed by atoms with E-state index in [-0.39, 0.29) is 17.4 Å². The lowest BCUT2D eigenvalue weighted by atomic mass is 10.2. The molecule has 0 saturated carbocycles. The number of aromatic nitrogens is 2. The average Bonchev–Trinajstić information content (AvgIpc) is 2.95. The van der Waals surface area contributed by atoms with Gasteiger partial charge in [-0.1, -0.05) is 6.07 Å². The maximum atomic E-state index is 11.5. The van der Waals surface area contributed by atoms with E-state index in [0.29, 0.717) is 4.88 Å². The molecule has 0 aliphatic heterocycles. The summed E-state index contributed by atoms with van der Waals surface area (Å²) >= 11 is 1.34. The Hall–Kier alpha value is -2.01. The Bertz CT molecular complexity index is 464. The Kier molecular flexibility index (Phi) is 3.07. The van der Waals surface area contributed by atoms with Gasteiger partial charge in [-0.25, -0.2) is 4.98 Å². The molecule has 1 N–H and O–H groups in total. The van der Waals surface area contributed by atoms with Gasteiger partial charge in [-0.05, 0) is 23.6 Å². The van der Waals surface area contributed by atoms with Crippen molar-refractivity contribution in [2.45, 2.75) is 0 Å². The third-order valence-corrected chi connectivity index (χ3v) is 2.77. The van der Waals surface area contributed by atoms with Gasteiger partial charge in [-0.2, -0.15) is 0 Å². The minimum atomic E-state index is -0.310. The summed E-state index contributed by atoms with van der Waals surface area (Å²) in [5, 5.41) is 1.81. The highest BCUT2D eigenvalue weighted by Gasteiger charge is 2.06. The van der Waals surface area contributed by atoms with Gasteiger partial charge < -0.3 is 4.98 Å². The Labute approximate surface area is 95.7 Å². The van der Waals surface area contributed by atoms with Crippen molar-refractivity contribution in [2.24, 2.45) is 0 Å². The highest BCUT2D eigenvalue weighted by molar-refractivity contribution is 7.12. The molecular formula is C11H8N2O2S. The van der Waals surface area contributed by atoms with Crippen molar-refractivity contribution < 1.29 is 9.59 Å². The Balaban J connectivity index is 2.05. The van der Waals surface area contributed by atoms with Gasteiger partial charge >= 0.3 is 0 Å². The number of rotatable bonds is 4. The lowest BCUT2D eigenvalue weighted by Crippen LogP contribution is -1.99. The van der Waals surface area contributed by atoms with Crippen LogP contribution in [0.25, 0.3) is 0 Å². The van der Waals surface area contributed by atoms with Gasteiger partial charge in [0.05, 0.1) is 4.88 Å². The number of carbonyl (C=O) groups excluding carboxylic acids is 2. The Morgan fingerprint density at radius 2 is 2.12 bits per heavy atom. The maximum Gasteiger partial charge on any atom is 0.221 e. The normalized spacial score (nSPS) is 10.8. The van der Waals surface area contributed by atoms with E-state index in [0.717, 1.165) is 0 Å². The zero-order chi connectivity index (χ0) is 11.4. The number of nitrogens with one attached hydrogen (secondary N) is 1. The third kappa shape index (κ3) is 2.32. The van der Waals surface area contributed by atoms with Crippen molar-refractivity contribution in [1.29, 1.82) is 0 Å². The van der Waals surface area contributed by atoms with Crippen LogP contribution in [-0.4, -0.2) is 21.5 Å². The van der Waals surface area contributed by atoms with Crippen molar-refractivity contribution >= 4 is 22.9 Å². The van der Waals surface area contributed by atoms with E-state index in [2.05, 4.69) is 9.97 Å². The summed E-state index contributed by atoms with van der Waals surface area (Å²) in [7, 11) is 0. The summed E-state index contributed by atoms with van der Waals surface area (Å²) in [6.07, 6.45) is 5.53. The molecule has 2 aromatic rings. The molecule has 2 aromatic heterocycles. The van der Waals surface area contributed by atoms with E-state index in [9.17, 15) is 9.59 Å². The first kappa shape index (κ1) is 10.5. The van der Waals surface area contributed by atoms with E-state index in [1.807, 2.05) is 5.38 Å². The molecule has 5 heteroatoms. The molecule has 2 rings (SSSR count). The van der Waals surface area contributed by atoms with Gasteiger partial charge in [0.25, 0.3) is 0 Å². The number of nitrogens with zero attached hydrogens (tertiary/aromatic N) is 1. The fourth-order valence-electron chi connectivity index (χ4n) is 1.13. The second-order valence-corrected chi connectivity index (χ2v) is 3.92. The van der Waals surface area contributed by atoms with Crippen molar-refractivity contribution in [3.63, 3.8) is 0 Å². The number of carbonyl (C=O) groups is 2. The number of thiophene rings is 1. The zero-order valence-corrected chi connectivity index (χ0v) is 9.03. The van der Waals surface area contributed by atoms with Crippen molar-refractivity contribution in [2.75, 3.05) is 0 Å². The van der Waals surface area contributed by atoms with Gasteiger partial charge in [-0.15, -0.1) is 11.3 Å². The third-order valence-electron chi connectivity index (χ3n) is 1.88. The van der Waals surface area contributed by atoms with Crippen LogP contribution in [0.5, 0.6) is 0 Å². The molecule has 0 unspecified atom stereocenters. The van der Waals surface area contributed by atoms with Crippen LogP contribution in [0.2, 0.25) is 0 Å². The van der Waals surface area contributed by atoms with Crippen LogP contribution in [-0.2, 0) is 0 Å². The molecule has 0 saturated heterocycles. The molecule has 0 aromatic carbocycles. The summed E-state index contributed by atoms with van der Waals surface area (Å²) in [6.45, 7) is 0. The fourth-order valence-corrected chi connectivity index (χ4v) is 1.78. The molecule has 16 heavy (non-hydrogen) atoms. The molecule has 2 heterocycles. The van der Waals surface area contributed by atoms with Gasteiger partial charge in [0.2, 0.25) is 5.78 Å². The van der Waals surface area contributed by atoms with E-state index < -0.39 is 0 Å². The van der Waals surface area contributed by atoms with E-state index >= 15 is 0 Å². The number of hydrogen-bond acceptors (Lipinski definition) is 4. The van der Waals surface area contributed by atoms with Crippen LogP contribution in [0.4, 0.5) is 0 Å². The van der Waals surface area contributed by atoms with Crippen molar-refractivity contribution in [3.05, 3.63) is 52.8 Å². The maximum absolute atomic E-state index is 11.5. The highest BCUT2D eigenvalue weighted by atomic mass is 32.1. The molecule has 0 radical (unpaired) electrons. The minimum absolute atomic E-state index is 0.171. The lowest BCUT2D eigenvalue weighted by molar-refractivity contribution is 0.101. The first-order valence-corrected chi connectivity index (χ1v) is 5.45. The predicted molar refractivity (Wildman–Crippen MR) is 60.7 cm³/mol. The Morgan fingerprint density at radius 1 is 1.31 bits per heavy atom. The number of ketones is 2. The summed E-state index contributed by atoms with van der Waals surface area (Å²) < 4.78 is 0. The molecule has 0 aliphatic rings. The summed E-state index contributed by atoms with van der Waals surface area (Å²) in [6, 6.07) is 3.51. The number of imidazole rings is 1. The van der Waals surface area contributed by atoms with Crippen LogP contribution in [0.15, 0.2) is 42.1 Å². The molecular weight excluding hydrogens is 224 g/mol. The van der Waals surface area contributed by atoms with Crippen LogP contribution in [0, 0.1) is 0 Å². The highest BCUT2D eigenvalue weighted by Crippen LogP contribution is 2.09. The smallest absolute Gasteiger partial charge is 0.221 e. The first-order chi connectivity index (χ1) is 7.77. The average molecular weight is 232 g/mol. The number of aromatic amines is 1. The van der Waals surface area contributed by atoms with Crippen molar-refractivity contribution in [3.8, 4) is 0 Å². The molecule has 80 valence electrons. The number of H-pyrrole nitrogens is 1. The SMILES string of the molecule is O=C(C=CC(=O)c1cccs1)c1ncc[nH]1. The summed E-state index contributed by atoms with van der Waals surface area (Å²) in [5.74, 6) is -0.250. The molecule has 0 bridgehead atoms. The second kappa shape index (κ2) is 4.67. The quantitative estimate of drug-likeness (QED) is 0.648. The van der Waals surface area contributed by atoms with Crippen LogP contribution in [0.1, 0.15) is 20.3 Å². The summed E-state index contributed by atoms with van der Waals surface area (Å²) in [5.41, 5.74) is 0. The van der Waals surface area contributed by atoms with Gasteiger partial charge in [0.1, 0.15) is 0 Å². The van der Waals surface area contributed by atoms with Crippen LogP contribution in [0.3, 0.4) is 0 Å². The van der Waals surface area contributed by atoms with Gasteiger partial charge in [0.15, 0.2) is 11.6 Å². The molecule has 0 aliphatic carbocycles. The van der Waals surface area contributed by atoms with Crippen LogP contribution < -0.4 is 0 Å². The monoisotopic (exact) mass is 232 g/mol. The molecule has 0 atom stereocenters. The largest absolute Gasteiger partial charge is 0.342 e. The summed E-state index contributed by atoms with van der Waals surface area (Å²) in [4.78, 5) is 30.1. The number of hydrogen-bond donors (Lipinski definition) is 1. The fraction of sp³-hybridized carbons (Fsp3) is 0. The standard InChI is InChI=1S/C11H8N2O2S/c14-8(10-2-1-7-16-10)3-4-9(15)11-12-5-6-13-11/h1-7H,(H,12,13). The topological polar surface area (TPSA) is 62.8 Å². The predicted octanol–water partition coefficient (Wildman–Crippen LogP) is 2.09. The Morgan fingerprint density at radius 3 is 2.75 bits per heavy atom. The molecule has 4 nitrogen and oxygen atoms in total. The first-order valence-electron chi connectivity index (χ1n) is 4.57. The van der Waals surface area contributed by atoms with Gasteiger partial charge in [0, 0.05) is 12.4 Å². The molecule has 0 fully saturated rings. The molecule has 0 amide bonds. The zero-order valence-electron chi connectivity index (χ0n) is 8.21. The van der Waals surface area contributed by atoms with Crippen LogP contribution >= 0.6 is 11.3 Å². The van der Waals surface area contributed by atoms with Crippen molar-refractivity contribution in [1.82, 2.24) is 9.97 Å². The molecule has 0 spiro atoms. The van der Waals surface area contributed by atoms with E-state index in [1.165, 1.54) is 29.7 Å². The minimum Gasteiger partial charge on any atom is -0.342 e. The van der Waals surface area contributed by atoms with Gasteiger partial charge in [-0.3, -0.25) is 9.59 Å². The lowest BCUT2D eigenvalue weighted by Gasteiger charge is -1.88. The van der Waals surface area contributed by atoms with E-state index in [4.69, 9.17) is 0 Å².